The smallest absolute Gasteiger partial charge is 0.293 e. The molecule has 2 N–H and O–H groups in total. The van der Waals surface area contributed by atoms with E-state index >= 15 is 0 Å². The number of nitro groups is 1. The number of amides is 1. The monoisotopic (exact) mass is 408 g/mol. The molecule has 2 aromatic heterocycles. The van der Waals surface area contributed by atoms with Crippen molar-refractivity contribution in [3.63, 3.8) is 0 Å². The van der Waals surface area contributed by atoms with E-state index in [1.54, 1.807) is 18.5 Å². The third-order valence-corrected chi connectivity index (χ3v) is 5.33. The first-order valence-corrected chi connectivity index (χ1v) is 9.60. The number of nitrogens with one attached hydrogen (secondary N) is 2. The van der Waals surface area contributed by atoms with E-state index in [4.69, 9.17) is 0 Å². The molecule has 0 bridgehead atoms. The van der Waals surface area contributed by atoms with Gasteiger partial charge in [-0.05, 0) is 30.5 Å². The Kier molecular flexibility index (Phi) is 5.38. The van der Waals surface area contributed by atoms with Gasteiger partial charge in [0.15, 0.2) is 0 Å². The Morgan fingerprint density at radius 3 is 2.83 bits per heavy atom. The average Bonchev–Trinajstić information content (AvgIpc) is 2.77. The molecule has 0 aliphatic carbocycles. The number of benzene rings is 1. The second kappa shape index (κ2) is 8.27. The molecule has 4 rings (SSSR count). The van der Waals surface area contributed by atoms with Crippen LogP contribution in [-0.2, 0) is 11.3 Å². The molecule has 3 aromatic rings. The lowest BCUT2D eigenvalue weighted by molar-refractivity contribution is -0.384. The van der Waals surface area contributed by atoms with E-state index < -0.39 is 10.5 Å². The van der Waals surface area contributed by atoms with E-state index in [1.807, 2.05) is 17.0 Å². The topological polar surface area (TPSA) is 134 Å². The molecular formula is C20H20N6O4. The number of hydrogen-bond acceptors (Lipinski definition) is 7. The van der Waals surface area contributed by atoms with E-state index in [0.29, 0.717) is 43.7 Å². The van der Waals surface area contributed by atoms with E-state index in [0.717, 1.165) is 5.56 Å². The number of nitro benzene ring substituents is 1. The van der Waals surface area contributed by atoms with E-state index in [2.05, 4.69) is 20.3 Å². The number of carbonyl (C=O) groups excluding carboxylic acids is 1. The number of aromatic amines is 1. The fourth-order valence-corrected chi connectivity index (χ4v) is 3.71. The molecule has 1 fully saturated rings. The molecule has 30 heavy (non-hydrogen) atoms. The highest BCUT2D eigenvalue weighted by Gasteiger charge is 2.29. The molecule has 10 heteroatoms. The second-order valence-electron chi connectivity index (χ2n) is 7.19. The van der Waals surface area contributed by atoms with Gasteiger partial charge in [0.05, 0.1) is 22.2 Å². The van der Waals surface area contributed by atoms with Crippen molar-refractivity contribution in [2.75, 3.05) is 18.0 Å². The Balaban J connectivity index is 1.46. The summed E-state index contributed by atoms with van der Waals surface area (Å²) in [6.07, 6.45) is 5.83. The summed E-state index contributed by atoms with van der Waals surface area (Å²) in [6, 6.07) is 6.56. The number of piperidine rings is 1. The molecular weight excluding hydrogens is 388 g/mol. The van der Waals surface area contributed by atoms with Crippen LogP contribution in [0.25, 0.3) is 10.9 Å². The number of anilines is 1. The normalized spacial score (nSPS) is 14.6. The van der Waals surface area contributed by atoms with E-state index in [-0.39, 0.29) is 22.9 Å². The minimum atomic E-state index is -0.492. The minimum Gasteiger partial charge on any atom is -0.366 e. The van der Waals surface area contributed by atoms with Crippen molar-refractivity contribution in [3.8, 4) is 0 Å². The van der Waals surface area contributed by atoms with Crippen LogP contribution in [0, 0.1) is 16.0 Å². The third kappa shape index (κ3) is 3.97. The number of hydrogen-bond donors (Lipinski definition) is 2. The number of H-pyrrole nitrogens is 1. The van der Waals surface area contributed by atoms with Gasteiger partial charge in [-0.2, -0.15) is 0 Å². The molecule has 0 radical (unpaired) electrons. The second-order valence-corrected chi connectivity index (χ2v) is 7.19. The van der Waals surface area contributed by atoms with Gasteiger partial charge >= 0.3 is 0 Å². The molecule has 0 spiro atoms. The highest BCUT2D eigenvalue weighted by atomic mass is 16.6. The van der Waals surface area contributed by atoms with Crippen LogP contribution in [-0.4, -0.2) is 38.9 Å². The van der Waals surface area contributed by atoms with Gasteiger partial charge in [0.2, 0.25) is 5.91 Å². The van der Waals surface area contributed by atoms with Crippen LogP contribution in [0.1, 0.15) is 18.4 Å². The van der Waals surface area contributed by atoms with Crippen LogP contribution in [0.5, 0.6) is 0 Å². The molecule has 0 atom stereocenters. The van der Waals surface area contributed by atoms with Gasteiger partial charge in [-0.3, -0.25) is 24.7 Å². The first-order chi connectivity index (χ1) is 14.5. The van der Waals surface area contributed by atoms with Gasteiger partial charge in [-0.1, -0.05) is 6.07 Å². The summed E-state index contributed by atoms with van der Waals surface area (Å²) in [4.78, 5) is 48.0. The molecule has 154 valence electrons. The lowest BCUT2D eigenvalue weighted by Gasteiger charge is -2.32. The highest BCUT2D eigenvalue weighted by Crippen LogP contribution is 2.34. The van der Waals surface area contributed by atoms with Gasteiger partial charge in [-0.25, -0.2) is 4.98 Å². The van der Waals surface area contributed by atoms with Crippen molar-refractivity contribution in [3.05, 3.63) is 69.0 Å². The SMILES string of the molecule is O=C(NCc1cccnc1)C1CCN(c2cc3nc[nH]c(=O)c3cc2[N+](=O)[O-])CC1. The summed E-state index contributed by atoms with van der Waals surface area (Å²) in [5, 5.41) is 14.7. The Morgan fingerprint density at radius 2 is 2.13 bits per heavy atom. The summed E-state index contributed by atoms with van der Waals surface area (Å²) in [6.45, 7) is 1.42. The van der Waals surface area contributed by atoms with Gasteiger partial charge in [0, 0.05) is 44.0 Å². The summed E-state index contributed by atoms with van der Waals surface area (Å²) >= 11 is 0. The van der Waals surface area contributed by atoms with Gasteiger partial charge in [0.1, 0.15) is 5.69 Å². The maximum Gasteiger partial charge on any atom is 0.293 e. The maximum atomic E-state index is 12.5. The Hall–Kier alpha value is -3.82. The predicted octanol–water partition coefficient (Wildman–Crippen LogP) is 1.76. The Labute approximate surface area is 171 Å². The van der Waals surface area contributed by atoms with E-state index in [9.17, 15) is 19.7 Å². The first-order valence-electron chi connectivity index (χ1n) is 9.60. The average molecular weight is 408 g/mol. The van der Waals surface area contributed by atoms with Crippen LogP contribution < -0.4 is 15.8 Å². The lowest BCUT2D eigenvalue weighted by Crippen LogP contribution is -2.40. The summed E-state index contributed by atoms with van der Waals surface area (Å²) in [5.41, 5.74) is 1.19. The third-order valence-electron chi connectivity index (χ3n) is 5.33. The Morgan fingerprint density at radius 1 is 1.33 bits per heavy atom. The number of pyridine rings is 1. The molecule has 1 saturated heterocycles. The van der Waals surface area contributed by atoms with Crippen LogP contribution >= 0.6 is 0 Å². The maximum absolute atomic E-state index is 12.5. The molecule has 0 unspecified atom stereocenters. The quantitative estimate of drug-likeness (QED) is 0.485. The molecule has 10 nitrogen and oxygen atoms in total. The summed E-state index contributed by atoms with van der Waals surface area (Å²) in [5.74, 6) is -0.182. The largest absolute Gasteiger partial charge is 0.366 e. The molecule has 3 heterocycles. The standard InChI is InChI=1S/C20H20N6O4/c27-19(22-11-13-2-1-5-21-10-13)14-3-6-25(7-4-14)17-9-16-15(8-18(17)26(29)30)20(28)24-12-23-16/h1-2,5,8-10,12,14H,3-4,6-7,11H2,(H,22,27)(H,23,24,28). The molecule has 0 saturated carbocycles. The lowest BCUT2D eigenvalue weighted by atomic mass is 9.95. The molecule has 1 aliphatic rings. The van der Waals surface area contributed by atoms with Crippen molar-refractivity contribution in [1.29, 1.82) is 0 Å². The van der Waals surface area contributed by atoms with Crippen molar-refractivity contribution >= 4 is 28.2 Å². The van der Waals surface area contributed by atoms with E-state index in [1.165, 1.54) is 12.4 Å². The molecule has 1 aliphatic heterocycles. The molecule has 1 amide bonds. The van der Waals surface area contributed by atoms with Crippen molar-refractivity contribution in [1.82, 2.24) is 20.3 Å². The number of nitrogens with zero attached hydrogens (tertiary/aromatic N) is 4. The summed E-state index contributed by atoms with van der Waals surface area (Å²) < 4.78 is 0. The van der Waals surface area contributed by atoms with Gasteiger partial charge in [-0.15, -0.1) is 0 Å². The van der Waals surface area contributed by atoms with Crippen LogP contribution in [0.2, 0.25) is 0 Å². The minimum absolute atomic E-state index is 0.0280. The van der Waals surface area contributed by atoms with Crippen molar-refractivity contribution < 1.29 is 9.72 Å². The van der Waals surface area contributed by atoms with Gasteiger partial charge in [0.25, 0.3) is 11.2 Å². The highest BCUT2D eigenvalue weighted by molar-refractivity contribution is 5.87. The number of carbonyl (C=O) groups is 1. The number of aromatic nitrogens is 3. The zero-order chi connectivity index (χ0) is 21.1. The van der Waals surface area contributed by atoms with Crippen LogP contribution in [0.3, 0.4) is 0 Å². The fourth-order valence-electron chi connectivity index (χ4n) is 3.71. The van der Waals surface area contributed by atoms with Crippen LogP contribution in [0.15, 0.2) is 47.8 Å². The first kappa shape index (κ1) is 19.5. The van der Waals surface area contributed by atoms with Crippen LogP contribution in [0.4, 0.5) is 11.4 Å². The molecule has 1 aromatic carbocycles. The predicted molar refractivity (Wildman–Crippen MR) is 110 cm³/mol. The number of fused-ring (bicyclic) bond motifs is 1. The zero-order valence-corrected chi connectivity index (χ0v) is 16.1. The zero-order valence-electron chi connectivity index (χ0n) is 16.1. The van der Waals surface area contributed by atoms with Crippen molar-refractivity contribution in [2.24, 2.45) is 5.92 Å². The fraction of sp³-hybridized carbons (Fsp3) is 0.300. The van der Waals surface area contributed by atoms with Crippen molar-refractivity contribution in [2.45, 2.75) is 19.4 Å². The Bertz CT molecular complexity index is 1140. The van der Waals surface area contributed by atoms with Gasteiger partial charge < -0.3 is 15.2 Å². The number of rotatable bonds is 5. The summed E-state index contributed by atoms with van der Waals surface area (Å²) in [7, 11) is 0.